The Morgan fingerprint density at radius 3 is 2.27 bits per heavy atom. The van der Waals surface area contributed by atoms with Gasteiger partial charge in [-0.25, -0.2) is 0 Å². The van der Waals surface area contributed by atoms with E-state index in [4.69, 9.17) is 0 Å². The van der Waals surface area contributed by atoms with Crippen molar-refractivity contribution in [2.75, 3.05) is 6.54 Å². The Morgan fingerprint density at radius 1 is 0.864 bits per heavy atom. The lowest BCUT2D eigenvalue weighted by Crippen LogP contribution is -2.24. The topological polar surface area (TPSA) is 46.2 Å². The molecule has 1 aromatic rings. The summed E-state index contributed by atoms with van der Waals surface area (Å²) in [7, 11) is 0. The Balaban J connectivity index is 2.00. The zero-order valence-electron chi connectivity index (χ0n) is 13.8. The van der Waals surface area contributed by atoms with Gasteiger partial charge < -0.3 is 5.32 Å². The third-order valence-electron chi connectivity index (χ3n) is 3.76. The molecule has 3 nitrogen and oxygen atoms in total. The molecule has 0 saturated heterocycles. The van der Waals surface area contributed by atoms with Crippen LogP contribution in [0.25, 0.3) is 0 Å². The zero-order valence-corrected chi connectivity index (χ0v) is 13.8. The lowest BCUT2D eigenvalue weighted by Gasteiger charge is -2.05. The van der Waals surface area contributed by atoms with E-state index in [9.17, 15) is 9.59 Å². The van der Waals surface area contributed by atoms with E-state index in [1.165, 1.54) is 32.1 Å². The molecule has 0 aliphatic rings. The van der Waals surface area contributed by atoms with E-state index in [-0.39, 0.29) is 11.7 Å². The number of hydrogen-bond donors (Lipinski definition) is 1. The summed E-state index contributed by atoms with van der Waals surface area (Å²) in [6, 6.07) is 9.26. The maximum absolute atomic E-state index is 11.9. The van der Waals surface area contributed by atoms with Gasteiger partial charge in [0.2, 0.25) is 5.91 Å². The molecule has 0 aliphatic carbocycles. The molecule has 1 amide bonds. The van der Waals surface area contributed by atoms with E-state index < -0.39 is 0 Å². The first-order chi connectivity index (χ1) is 10.7. The van der Waals surface area contributed by atoms with Crippen LogP contribution in [0.1, 0.15) is 75.1 Å². The smallest absolute Gasteiger partial charge is 0.220 e. The van der Waals surface area contributed by atoms with Gasteiger partial charge in [0.05, 0.1) is 0 Å². The molecule has 0 fully saturated rings. The highest BCUT2D eigenvalue weighted by Gasteiger charge is 2.06. The molecule has 1 rings (SSSR count). The average molecular weight is 303 g/mol. The molecule has 0 atom stereocenters. The molecule has 0 spiro atoms. The molecular weight excluding hydrogens is 274 g/mol. The minimum absolute atomic E-state index is 0.0643. The SMILES string of the molecule is CCCCCCCCNC(=O)CCCC(=O)c1ccccc1. The number of carbonyl (C=O) groups excluding carboxylic acids is 2. The molecule has 0 aliphatic heterocycles. The Kier molecular flexibility index (Phi) is 10.0. The quantitative estimate of drug-likeness (QED) is 0.456. The van der Waals surface area contributed by atoms with E-state index in [1.807, 2.05) is 30.3 Å². The van der Waals surface area contributed by atoms with Crippen molar-refractivity contribution in [3.8, 4) is 0 Å². The standard InChI is InChI=1S/C19H29NO2/c1-2-3-4-5-6-10-16-20-19(22)15-11-14-18(21)17-12-8-7-9-13-17/h7-9,12-13H,2-6,10-11,14-16H2,1H3,(H,20,22). The Labute approximate surface area is 134 Å². The number of nitrogens with one attached hydrogen (secondary N) is 1. The first-order valence-corrected chi connectivity index (χ1v) is 8.59. The molecule has 0 radical (unpaired) electrons. The van der Waals surface area contributed by atoms with Crippen LogP contribution in [0, 0.1) is 0 Å². The van der Waals surface area contributed by atoms with Crippen LogP contribution >= 0.6 is 0 Å². The fourth-order valence-corrected chi connectivity index (χ4v) is 2.40. The van der Waals surface area contributed by atoms with Crippen LogP contribution in [0.5, 0.6) is 0 Å². The van der Waals surface area contributed by atoms with Crippen molar-refractivity contribution in [1.82, 2.24) is 5.32 Å². The summed E-state index contributed by atoms with van der Waals surface area (Å²) >= 11 is 0. The summed E-state index contributed by atoms with van der Waals surface area (Å²) in [6.45, 7) is 2.97. The summed E-state index contributed by atoms with van der Waals surface area (Å²) in [5, 5.41) is 2.94. The van der Waals surface area contributed by atoms with Crippen LogP contribution in [0.15, 0.2) is 30.3 Å². The van der Waals surface area contributed by atoms with Crippen molar-refractivity contribution in [1.29, 1.82) is 0 Å². The molecule has 1 N–H and O–H groups in total. The summed E-state index contributed by atoms with van der Waals surface area (Å²) in [5.74, 6) is 0.179. The van der Waals surface area contributed by atoms with E-state index in [1.54, 1.807) is 0 Å². The van der Waals surface area contributed by atoms with Gasteiger partial charge in [-0.3, -0.25) is 9.59 Å². The maximum Gasteiger partial charge on any atom is 0.220 e. The van der Waals surface area contributed by atoms with Gasteiger partial charge in [-0.05, 0) is 12.8 Å². The van der Waals surface area contributed by atoms with Gasteiger partial charge in [-0.15, -0.1) is 0 Å². The van der Waals surface area contributed by atoms with Crippen molar-refractivity contribution >= 4 is 11.7 Å². The number of Topliss-reactive ketones (excluding diaryl/α,β-unsaturated/α-hetero) is 1. The number of ketones is 1. The zero-order chi connectivity index (χ0) is 16.0. The summed E-state index contributed by atoms with van der Waals surface area (Å²) in [6.07, 6.45) is 8.87. The van der Waals surface area contributed by atoms with Crippen LogP contribution in [-0.2, 0) is 4.79 Å². The van der Waals surface area contributed by atoms with Gasteiger partial charge in [0.1, 0.15) is 0 Å². The minimum Gasteiger partial charge on any atom is -0.356 e. The molecule has 0 unspecified atom stereocenters. The van der Waals surface area contributed by atoms with Crippen LogP contribution in [0.4, 0.5) is 0 Å². The van der Waals surface area contributed by atoms with Crippen molar-refractivity contribution in [2.24, 2.45) is 0 Å². The normalized spacial score (nSPS) is 10.4. The lowest BCUT2D eigenvalue weighted by atomic mass is 10.1. The number of unbranched alkanes of at least 4 members (excludes halogenated alkanes) is 5. The van der Waals surface area contributed by atoms with Gasteiger partial charge in [0.15, 0.2) is 5.78 Å². The van der Waals surface area contributed by atoms with Crippen LogP contribution in [0.2, 0.25) is 0 Å². The predicted molar refractivity (Wildman–Crippen MR) is 91.0 cm³/mol. The number of rotatable bonds is 12. The van der Waals surface area contributed by atoms with E-state index in [0.29, 0.717) is 19.3 Å². The molecular formula is C19H29NO2. The van der Waals surface area contributed by atoms with Crippen LogP contribution in [0.3, 0.4) is 0 Å². The Hall–Kier alpha value is -1.64. The summed E-state index contributed by atoms with van der Waals surface area (Å²) in [4.78, 5) is 23.6. The van der Waals surface area contributed by atoms with E-state index >= 15 is 0 Å². The minimum atomic E-state index is 0.0643. The fraction of sp³-hybridized carbons (Fsp3) is 0.579. The first kappa shape index (κ1) is 18.4. The highest BCUT2D eigenvalue weighted by Crippen LogP contribution is 2.07. The highest BCUT2D eigenvalue weighted by atomic mass is 16.1. The molecule has 3 heteroatoms. The third-order valence-corrected chi connectivity index (χ3v) is 3.76. The molecule has 22 heavy (non-hydrogen) atoms. The van der Waals surface area contributed by atoms with E-state index in [2.05, 4.69) is 12.2 Å². The number of amides is 1. The monoisotopic (exact) mass is 303 g/mol. The summed E-state index contributed by atoms with van der Waals surface area (Å²) in [5.41, 5.74) is 0.731. The van der Waals surface area contributed by atoms with Crippen molar-refractivity contribution in [3.05, 3.63) is 35.9 Å². The fourth-order valence-electron chi connectivity index (χ4n) is 2.40. The highest BCUT2D eigenvalue weighted by molar-refractivity contribution is 5.96. The van der Waals surface area contributed by atoms with Crippen LogP contribution in [-0.4, -0.2) is 18.2 Å². The largest absolute Gasteiger partial charge is 0.356 e. The molecule has 0 heterocycles. The number of carbonyl (C=O) groups is 2. The predicted octanol–water partition coefficient (Wildman–Crippen LogP) is 4.52. The van der Waals surface area contributed by atoms with Gasteiger partial charge in [-0.1, -0.05) is 69.4 Å². The van der Waals surface area contributed by atoms with E-state index in [0.717, 1.165) is 18.5 Å². The molecule has 0 bridgehead atoms. The maximum atomic E-state index is 11.9. The van der Waals surface area contributed by atoms with Gasteiger partial charge in [0, 0.05) is 24.9 Å². The molecule has 0 aromatic heterocycles. The van der Waals surface area contributed by atoms with Gasteiger partial charge in [-0.2, -0.15) is 0 Å². The number of benzene rings is 1. The van der Waals surface area contributed by atoms with Gasteiger partial charge >= 0.3 is 0 Å². The Morgan fingerprint density at radius 2 is 1.55 bits per heavy atom. The molecule has 1 aromatic carbocycles. The van der Waals surface area contributed by atoms with Crippen molar-refractivity contribution in [2.45, 2.75) is 64.7 Å². The van der Waals surface area contributed by atoms with Crippen LogP contribution < -0.4 is 5.32 Å². The number of hydrogen-bond acceptors (Lipinski definition) is 2. The van der Waals surface area contributed by atoms with Gasteiger partial charge in [0.25, 0.3) is 0 Å². The molecule has 0 saturated carbocycles. The van der Waals surface area contributed by atoms with Crippen molar-refractivity contribution in [3.63, 3.8) is 0 Å². The second kappa shape index (κ2) is 12.0. The second-order valence-electron chi connectivity index (χ2n) is 5.76. The second-order valence-corrected chi connectivity index (χ2v) is 5.76. The average Bonchev–Trinajstić information content (AvgIpc) is 2.54. The van der Waals surface area contributed by atoms with Crippen molar-refractivity contribution < 1.29 is 9.59 Å². The lowest BCUT2D eigenvalue weighted by molar-refractivity contribution is -0.121. The first-order valence-electron chi connectivity index (χ1n) is 8.59. The summed E-state index contributed by atoms with van der Waals surface area (Å²) < 4.78 is 0. The Bertz CT molecular complexity index is 428. The molecule has 122 valence electrons. The third kappa shape index (κ3) is 8.60.